The van der Waals surface area contributed by atoms with Gasteiger partial charge in [-0.2, -0.15) is 0 Å². The van der Waals surface area contributed by atoms with Crippen LogP contribution >= 0.6 is 31.9 Å². The average Bonchev–Trinajstić information content (AvgIpc) is 1.84. The highest BCUT2D eigenvalue weighted by Gasteiger charge is 1.98. The smallest absolute Gasteiger partial charge is 0.0221 e. The predicted octanol–water partition coefficient (Wildman–Crippen LogP) is 3.33. The van der Waals surface area contributed by atoms with Crippen LogP contribution in [-0.2, 0) is 0 Å². The summed E-state index contributed by atoms with van der Waals surface area (Å²) in [6.07, 6.45) is 0. The molecule has 1 rings (SSSR count). The van der Waals surface area contributed by atoms with Crippen molar-refractivity contribution in [3.63, 3.8) is 0 Å². The molecule has 0 aliphatic rings. The Hall–Kier alpha value is 0.180. The molecule has 0 spiro atoms. The highest BCUT2D eigenvalue weighted by Crippen LogP contribution is 2.24. The second-order valence-electron chi connectivity index (χ2n) is 1.90. The summed E-state index contributed by atoms with van der Waals surface area (Å²) in [5.41, 5.74) is 1.31. The number of rotatable bonds is 0. The largest absolute Gasteiger partial charge is 0.0529 e. The van der Waals surface area contributed by atoms with Crippen molar-refractivity contribution in [3.8, 4) is 0 Å². The van der Waals surface area contributed by atoms with Gasteiger partial charge in [-0.15, -0.1) is 0 Å². The van der Waals surface area contributed by atoms with E-state index in [2.05, 4.69) is 31.9 Å². The Morgan fingerprint density at radius 2 is 1.30 bits per heavy atom. The standard InChI is InChI=1S/C8H4Br2/c1-5-3-6(2)8(10)4-7(5)9/h1-4H. The Bertz CT molecular complexity index is 203. The van der Waals surface area contributed by atoms with E-state index in [0.717, 1.165) is 8.95 Å². The predicted molar refractivity (Wildman–Crippen MR) is 48.6 cm³/mol. The van der Waals surface area contributed by atoms with Crippen LogP contribution < -0.4 is 0 Å². The Morgan fingerprint density at radius 1 is 0.900 bits per heavy atom. The van der Waals surface area contributed by atoms with Crippen LogP contribution in [0.15, 0.2) is 21.1 Å². The maximum Gasteiger partial charge on any atom is 0.0221 e. The summed E-state index contributed by atoms with van der Waals surface area (Å²) in [4.78, 5) is 0. The quantitative estimate of drug-likeness (QED) is 0.671. The van der Waals surface area contributed by atoms with Crippen molar-refractivity contribution in [1.29, 1.82) is 0 Å². The third kappa shape index (κ3) is 1.61. The van der Waals surface area contributed by atoms with Crippen molar-refractivity contribution in [1.82, 2.24) is 0 Å². The van der Waals surface area contributed by atoms with E-state index in [4.69, 9.17) is 13.8 Å². The van der Waals surface area contributed by atoms with Gasteiger partial charge in [0.2, 0.25) is 0 Å². The van der Waals surface area contributed by atoms with Crippen molar-refractivity contribution >= 4 is 31.9 Å². The van der Waals surface area contributed by atoms with Gasteiger partial charge in [0.05, 0.1) is 0 Å². The molecular weight excluding hydrogens is 256 g/mol. The molecule has 50 valence electrons. The molecule has 2 heteroatoms. The van der Waals surface area contributed by atoms with Crippen molar-refractivity contribution in [2.24, 2.45) is 0 Å². The molecular formula is C8H4Br2. The molecule has 10 heavy (non-hydrogen) atoms. The van der Waals surface area contributed by atoms with E-state index in [1.807, 2.05) is 6.07 Å². The molecule has 0 saturated carbocycles. The van der Waals surface area contributed by atoms with Gasteiger partial charge in [-0.3, -0.25) is 0 Å². The first-order chi connectivity index (χ1) is 4.61. The molecule has 0 aromatic heterocycles. The summed E-state index contributed by atoms with van der Waals surface area (Å²) in [5.74, 6) is 0. The Balaban J connectivity index is 3.28. The van der Waals surface area contributed by atoms with Crippen LogP contribution in [0.2, 0.25) is 0 Å². The van der Waals surface area contributed by atoms with Gasteiger partial charge >= 0.3 is 0 Å². The number of benzene rings is 1. The van der Waals surface area contributed by atoms with E-state index in [1.54, 1.807) is 6.07 Å². The van der Waals surface area contributed by atoms with Crippen molar-refractivity contribution in [2.75, 3.05) is 0 Å². The zero-order valence-electron chi connectivity index (χ0n) is 5.07. The van der Waals surface area contributed by atoms with Gasteiger partial charge in [0.25, 0.3) is 0 Å². The molecule has 0 unspecified atom stereocenters. The zero-order chi connectivity index (χ0) is 7.72. The first-order valence-corrected chi connectivity index (χ1v) is 4.20. The van der Waals surface area contributed by atoms with Gasteiger partial charge in [0.1, 0.15) is 0 Å². The summed E-state index contributed by atoms with van der Waals surface area (Å²) in [6.45, 7) is 11.1. The molecule has 0 fully saturated rings. The average molecular weight is 260 g/mol. The Kier molecular flexibility index (Phi) is 2.53. The molecule has 1 aromatic carbocycles. The van der Waals surface area contributed by atoms with E-state index >= 15 is 0 Å². The van der Waals surface area contributed by atoms with E-state index in [0.29, 0.717) is 11.1 Å². The minimum Gasteiger partial charge on any atom is -0.0529 e. The van der Waals surface area contributed by atoms with Crippen LogP contribution in [-0.4, -0.2) is 0 Å². The third-order valence-corrected chi connectivity index (χ3v) is 2.49. The fraction of sp³-hybridized carbons (Fsp3) is 0. The molecule has 4 radical (unpaired) electrons. The molecule has 0 atom stereocenters. The van der Waals surface area contributed by atoms with E-state index < -0.39 is 0 Å². The summed E-state index contributed by atoms with van der Waals surface area (Å²) in [5, 5.41) is 0. The molecule has 0 aliphatic carbocycles. The lowest BCUT2D eigenvalue weighted by Gasteiger charge is -2.00. The van der Waals surface area contributed by atoms with Gasteiger partial charge in [0, 0.05) is 22.8 Å². The third-order valence-electron chi connectivity index (χ3n) is 1.12. The van der Waals surface area contributed by atoms with Crippen LogP contribution in [0, 0.1) is 13.8 Å². The lowest BCUT2D eigenvalue weighted by molar-refractivity contribution is 1.47. The first-order valence-electron chi connectivity index (χ1n) is 2.61. The fourth-order valence-corrected chi connectivity index (χ4v) is 1.58. The molecule has 0 nitrogen and oxygen atoms in total. The van der Waals surface area contributed by atoms with Crippen molar-refractivity contribution in [2.45, 2.75) is 0 Å². The van der Waals surface area contributed by atoms with Crippen LogP contribution in [0.4, 0.5) is 0 Å². The molecule has 0 saturated heterocycles. The molecule has 0 aliphatic heterocycles. The number of hydrogen-bond donors (Lipinski definition) is 0. The van der Waals surface area contributed by atoms with Gasteiger partial charge in [-0.05, 0) is 17.2 Å². The van der Waals surface area contributed by atoms with E-state index in [9.17, 15) is 0 Å². The van der Waals surface area contributed by atoms with E-state index in [-0.39, 0.29) is 0 Å². The SMILES string of the molecule is [CH]c1cc([CH])c(Br)cc1Br. The lowest BCUT2D eigenvalue weighted by Crippen LogP contribution is -1.79. The van der Waals surface area contributed by atoms with Crippen LogP contribution in [0.1, 0.15) is 11.1 Å². The minimum atomic E-state index is 0.653. The normalized spacial score (nSPS) is 10.0. The fourth-order valence-electron chi connectivity index (χ4n) is 0.583. The molecule has 0 N–H and O–H groups in total. The number of hydrogen-bond acceptors (Lipinski definition) is 0. The van der Waals surface area contributed by atoms with Gasteiger partial charge in [0.15, 0.2) is 0 Å². The van der Waals surface area contributed by atoms with Gasteiger partial charge < -0.3 is 0 Å². The summed E-state index contributed by atoms with van der Waals surface area (Å²) < 4.78 is 1.71. The number of halogens is 2. The second kappa shape index (κ2) is 3.05. The van der Waals surface area contributed by atoms with Crippen LogP contribution in [0.3, 0.4) is 0 Å². The summed E-state index contributed by atoms with van der Waals surface area (Å²) in [6, 6.07) is 3.53. The topological polar surface area (TPSA) is 0 Å². The highest BCUT2D eigenvalue weighted by molar-refractivity contribution is 9.11. The monoisotopic (exact) mass is 258 g/mol. The lowest BCUT2D eigenvalue weighted by atomic mass is 10.2. The maximum atomic E-state index is 5.54. The summed E-state index contributed by atoms with van der Waals surface area (Å²) >= 11 is 6.54. The van der Waals surface area contributed by atoms with Crippen LogP contribution in [0.25, 0.3) is 0 Å². The molecule has 1 aromatic rings. The first kappa shape index (κ1) is 8.28. The van der Waals surface area contributed by atoms with Crippen molar-refractivity contribution < 1.29 is 0 Å². The minimum absolute atomic E-state index is 0.653. The van der Waals surface area contributed by atoms with Gasteiger partial charge in [-0.1, -0.05) is 37.9 Å². The Morgan fingerprint density at radius 3 is 1.60 bits per heavy atom. The van der Waals surface area contributed by atoms with E-state index in [1.165, 1.54) is 0 Å². The zero-order valence-corrected chi connectivity index (χ0v) is 8.24. The molecule has 0 heterocycles. The highest BCUT2D eigenvalue weighted by atomic mass is 79.9. The van der Waals surface area contributed by atoms with Gasteiger partial charge in [-0.25, -0.2) is 0 Å². The maximum absolute atomic E-state index is 5.54. The molecule has 0 bridgehead atoms. The second-order valence-corrected chi connectivity index (χ2v) is 3.60. The van der Waals surface area contributed by atoms with Crippen molar-refractivity contribution in [3.05, 3.63) is 46.1 Å². The summed E-state index contributed by atoms with van der Waals surface area (Å²) in [7, 11) is 0. The molecule has 0 amide bonds. The van der Waals surface area contributed by atoms with Crippen LogP contribution in [0.5, 0.6) is 0 Å². The Labute approximate surface area is 77.9 Å².